The van der Waals surface area contributed by atoms with Crippen molar-refractivity contribution < 1.29 is 9.13 Å². The normalized spacial score (nSPS) is 21.3. The van der Waals surface area contributed by atoms with E-state index in [4.69, 9.17) is 10.5 Å². The van der Waals surface area contributed by atoms with Crippen LogP contribution >= 0.6 is 0 Å². The molecule has 2 unspecified atom stereocenters. The molecule has 1 aliphatic rings. The molecular formula is C19H23FN2O. The van der Waals surface area contributed by atoms with Gasteiger partial charge in [-0.3, -0.25) is 0 Å². The molecule has 23 heavy (non-hydrogen) atoms. The molecule has 1 saturated heterocycles. The lowest BCUT2D eigenvalue weighted by molar-refractivity contribution is 0.340. The fourth-order valence-corrected chi connectivity index (χ4v) is 3.25. The molecule has 0 amide bonds. The molecule has 2 atom stereocenters. The lowest BCUT2D eigenvalue weighted by atomic mass is 9.88. The lowest BCUT2D eigenvalue weighted by Gasteiger charge is -2.38. The molecule has 2 N–H and O–H groups in total. The summed E-state index contributed by atoms with van der Waals surface area (Å²) in [6, 6.07) is 15.0. The van der Waals surface area contributed by atoms with E-state index < -0.39 is 0 Å². The Morgan fingerprint density at radius 1 is 1.09 bits per heavy atom. The minimum absolute atomic E-state index is 0.116. The molecule has 1 heterocycles. The van der Waals surface area contributed by atoms with Gasteiger partial charge in [0.1, 0.15) is 11.6 Å². The van der Waals surface area contributed by atoms with Gasteiger partial charge in [0.25, 0.3) is 0 Å². The summed E-state index contributed by atoms with van der Waals surface area (Å²) in [6.07, 6.45) is 0.964. The second-order valence-electron chi connectivity index (χ2n) is 6.08. The number of benzene rings is 2. The maximum atomic E-state index is 13.1. The zero-order valence-corrected chi connectivity index (χ0v) is 13.4. The van der Waals surface area contributed by atoms with Gasteiger partial charge in [-0.25, -0.2) is 4.39 Å². The van der Waals surface area contributed by atoms with Crippen LogP contribution in [0.25, 0.3) is 0 Å². The third-order valence-corrected chi connectivity index (χ3v) is 4.34. The summed E-state index contributed by atoms with van der Waals surface area (Å²) < 4.78 is 18.6. The van der Waals surface area contributed by atoms with E-state index in [1.807, 2.05) is 31.2 Å². The summed E-state index contributed by atoms with van der Waals surface area (Å²) in [7, 11) is 0. The Labute approximate surface area is 136 Å². The lowest BCUT2D eigenvalue weighted by Crippen LogP contribution is -2.46. The molecule has 3 nitrogen and oxygen atoms in total. The van der Waals surface area contributed by atoms with Crippen LogP contribution in [0.15, 0.2) is 48.5 Å². The van der Waals surface area contributed by atoms with E-state index in [2.05, 4.69) is 17.0 Å². The number of nitrogens with zero attached hydrogens (tertiary/aromatic N) is 1. The van der Waals surface area contributed by atoms with E-state index in [1.54, 1.807) is 0 Å². The predicted molar refractivity (Wildman–Crippen MR) is 91.6 cm³/mol. The van der Waals surface area contributed by atoms with Gasteiger partial charge in [0.2, 0.25) is 0 Å². The number of rotatable bonds is 4. The summed E-state index contributed by atoms with van der Waals surface area (Å²) in [5, 5.41) is 0. The molecular weight excluding hydrogens is 291 g/mol. The fraction of sp³-hybridized carbons (Fsp3) is 0.368. The third-order valence-electron chi connectivity index (χ3n) is 4.34. The average Bonchev–Trinajstić information content (AvgIpc) is 2.56. The van der Waals surface area contributed by atoms with Gasteiger partial charge < -0.3 is 15.4 Å². The number of anilines is 1. The minimum atomic E-state index is -0.210. The third kappa shape index (κ3) is 3.82. The number of nitrogens with two attached hydrogens (primary N) is 1. The Kier molecular flexibility index (Phi) is 4.82. The van der Waals surface area contributed by atoms with Crippen LogP contribution in [-0.2, 0) is 0 Å². The van der Waals surface area contributed by atoms with Gasteiger partial charge in [-0.05, 0) is 55.3 Å². The fourth-order valence-electron chi connectivity index (χ4n) is 3.25. The zero-order chi connectivity index (χ0) is 16.2. The van der Waals surface area contributed by atoms with Crippen molar-refractivity contribution in [1.82, 2.24) is 0 Å². The van der Waals surface area contributed by atoms with E-state index in [1.165, 1.54) is 17.7 Å². The smallest absolute Gasteiger partial charge is 0.123 e. The Bertz CT molecular complexity index is 627. The molecule has 1 fully saturated rings. The van der Waals surface area contributed by atoms with Crippen molar-refractivity contribution in [3.8, 4) is 5.75 Å². The SMILES string of the molecule is CCOc1ccc(C2CC(N)CN(c3ccc(F)cc3)C2)cc1. The van der Waals surface area contributed by atoms with Gasteiger partial charge in [-0.2, -0.15) is 0 Å². The van der Waals surface area contributed by atoms with Crippen LogP contribution in [0, 0.1) is 5.82 Å². The van der Waals surface area contributed by atoms with Crippen LogP contribution in [0.1, 0.15) is 24.8 Å². The molecule has 0 spiro atoms. The van der Waals surface area contributed by atoms with Crippen molar-refractivity contribution >= 4 is 5.69 Å². The van der Waals surface area contributed by atoms with Crippen molar-refractivity contribution in [3.05, 3.63) is 59.9 Å². The summed E-state index contributed by atoms with van der Waals surface area (Å²) in [5.74, 6) is 1.06. The van der Waals surface area contributed by atoms with Crippen molar-refractivity contribution in [1.29, 1.82) is 0 Å². The molecule has 122 valence electrons. The molecule has 0 bridgehead atoms. The molecule has 0 saturated carbocycles. The number of ether oxygens (including phenoxy) is 1. The maximum Gasteiger partial charge on any atom is 0.123 e. The highest BCUT2D eigenvalue weighted by atomic mass is 19.1. The molecule has 2 aromatic carbocycles. The summed E-state index contributed by atoms with van der Waals surface area (Å²) in [5.41, 5.74) is 8.56. The van der Waals surface area contributed by atoms with Gasteiger partial charge >= 0.3 is 0 Å². The maximum absolute atomic E-state index is 13.1. The molecule has 0 aromatic heterocycles. The second kappa shape index (κ2) is 7.01. The number of halogens is 1. The first-order valence-electron chi connectivity index (χ1n) is 8.14. The standard InChI is InChI=1S/C19H23FN2O/c1-2-23-19-9-3-14(4-10-19)15-11-17(21)13-22(12-15)18-7-5-16(20)6-8-18/h3-10,15,17H,2,11-13,21H2,1H3. The van der Waals surface area contributed by atoms with E-state index in [0.29, 0.717) is 12.5 Å². The zero-order valence-electron chi connectivity index (χ0n) is 13.4. The Morgan fingerprint density at radius 3 is 2.43 bits per heavy atom. The summed E-state index contributed by atoms with van der Waals surface area (Å²) >= 11 is 0. The summed E-state index contributed by atoms with van der Waals surface area (Å²) in [6.45, 7) is 4.35. The Balaban J connectivity index is 1.76. The van der Waals surface area contributed by atoms with Gasteiger partial charge in [-0.15, -0.1) is 0 Å². The van der Waals surface area contributed by atoms with Crippen molar-refractivity contribution in [2.24, 2.45) is 5.73 Å². The van der Waals surface area contributed by atoms with Crippen molar-refractivity contribution in [3.63, 3.8) is 0 Å². The number of hydrogen-bond acceptors (Lipinski definition) is 3. The first-order valence-corrected chi connectivity index (χ1v) is 8.14. The molecule has 4 heteroatoms. The van der Waals surface area contributed by atoms with Crippen LogP contribution in [0.5, 0.6) is 5.75 Å². The van der Waals surface area contributed by atoms with Gasteiger partial charge in [-0.1, -0.05) is 12.1 Å². The van der Waals surface area contributed by atoms with E-state index in [9.17, 15) is 4.39 Å². The Morgan fingerprint density at radius 2 is 1.78 bits per heavy atom. The molecule has 1 aliphatic heterocycles. The topological polar surface area (TPSA) is 38.5 Å². The quantitative estimate of drug-likeness (QED) is 0.938. The highest BCUT2D eigenvalue weighted by Crippen LogP contribution is 2.30. The predicted octanol–water partition coefficient (Wildman–Crippen LogP) is 3.55. The first kappa shape index (κ1) is 15.8. The average molecular weight is 314 g/mol. The van der Waals surface area contributed by atoms with Crippen LogP contribution < -0.4 is 15.4 Å². The molecule has 3 rings (SSSR count). The minimum Gasteiger partial charge on any atom is -0.494 e. The highest BCUT2D eigenvalue weighted by molar-refractivity contribution is 5.48. The van der Waals surface area contributed by atoms with Crippen LogP contribution in [0.3, 0.4) is 0 Å². The van der Waals surface area contributed by atoms with Gasteiger partial charge in [0, 0.05) is 30.7 Å². The van der Waals surface area contributed by atoms with E-state index in [-0.39, 0.29) is 11.9 Å². The van der Waals surface area contributed by atoms with Crippen molar-refractivity contribution in [2.75, 3.05) is 24.6 Å². The molecule has 0 radical (unpaired) electrons. The van der Waals surface area contributed by atoms with E-state index >= 15 is 0 Å². The first-order chi connectivity index (χ1) is 11.2. The highest BCUT2D eigenvalue weighted by Gasteiger charge is 2.26. The number of hydrogen-bond donors (Lipinski definition) is 1. The molecule has 0 aliphatic carbocycles. The van der Waals surface area contributed by atoms with Crippen LogP contribution in [0.4, 0.5) is 10.1 Å². The van der Waals surface area contributed by atoms with Crippen molar-refractivity contribution in [2.45, 2.75) is 25.3 Å². The van der Waals surface area contributed by atoms with Crippen LogP contribution in [0.2, 0.25) is 0 Å². The summed E-state index contributed by atoms with van der Waals surface area (Å²) in [4.78, 5) is 2.24. The van der Waals surface area contributed by atoms with Gasteiger partial charge in [0.15, 0.2) is 0 Å². The van der Waals surface area contributed by atoms with Crippen LogP contribution in [-0.4, -0.2) is 25.7 Å². The number of piperidine rings is 1. The molecule has 2 aromatic rings. The Hall–Kier alpha value is -2.07. The second-order valence-corrected chi connectivity index (χ2v) is 6.08. The van der Waals surface area contributed by atoms with Gasteiger partial charge in [0.05, 0.1) is 6.61 Å². The monoisotopic (exact) mass is 314 g/mol. The van der Waals surface area contributed by atoms with E-state index in [0.717, 1.165) is 30.9 Å². The largest absolute Gasteiger partial charge is 0.494 e.